The summed E-state index contributed by atoms with van der Waals surface area (Å²) in [5, 5.41) is 0.631. The molecular weight excluding hydrogens is 402 g/mol. The Balaban J connectivity index is 1.85. The van der Waals surface area contributed by atoms with Gasteiger partial charge in [-0.15, -0.1) is 0 Å². The Morgan fingerprint density at radius 3 is 2.54 bits per heavy atom. The van der Waals surface area contributed by atoms with Crippen LogP contribution in [0.2, 0.25) is 0 Å². The molecule has 1 aliphatic rings. The van der Waals surface area contributed by atoms with Crippen LogP contribution in [-0.2, 0) is 26.7 Å². The highest BCUT2D eigenvalue weighted by molar-refractivity contribution is 7.90. The standard InChI is InChI=1S/C18H19N3O5S2/c22-27(23,17-8-2-1-3-9-17)21-16(12-14-6-4-10-19-18(14)21)13-15-7-5-11-20(15)28(24,25)26/h1-4,6,8-10,12,15H,5,7,11,13H2,(H,24,25,26)/p-1/t15-/m1/s1. The molecule has 148 valence electrons. The van der Waals surface area contributed by atoms with Crippen molar-refractivity contribution < 1.29 is 21.4 Å². The largest absolute Gasteiger partial charge is 0.735 e. The van der Waals surface area contributed by atoms with Crippen molar-refractivity contribution in [1.29, 1.82) is 0 Å². The Bertz CT molecular complexity index is 1220. The van der Waals surface area contributed by atoms with Gasteiger partial charge in [-0.25, -0.2) is 30.1 Å². The van der Waals surface area contributed by atoms with Crippen LogP contribution in [0.3, 0.4) is 0 Å². The molecule has 0 saturated carbocycles. The molecule has 0 unspecified atom stereocenters. The molecule has 4 rings (SSSR count). The molecule has 1 aliphatic heterocycles. The Kier molecular flexibility index (Phi) is 4.74. The van der Waals surface area contributed by atoms with Gasteiger partial charge < -0.3 is 4.55 Å². The highest BCUT2D eigenvalue weighted by Crippen LogP contribution is 2.29. The summed E-state index contributed by atoms with van der Waals surface area (Å²) in [6, 6.07) is 12.6. The topological polar surface area (TPSA) is 112 Å². The molecule has 3 aromatic rings. The van der Waals surface area contributed by atoms with Crippen LogP contribution in [0.15, 0.2) is 59.6 Å². The van der Waals surface area contributed by atoms with Gasteiger partial charge in [-0.3, -0.25) is 0 Å². The van der Waals surface area contributed by atoms with Gasteiger partial charge in [-0.1, -0.05) is 18.2 Å². The van der Waals surface area contributed by atoms with Gasteiger partial charge in [0, 0.05) is 36.3 Å². The summed E-state index contributed by atoms with van der Waals surface area (Å²) in [6.45, 7) is 0.153. The van der Waals surface area contributed by atoms with E-state index in [0.29, 0.717) is 23.9 Å². The summed E-state index contributed by atoms with van der Waals surface area (Å²) >= 11 is 0. The number of hydrogen-bond acceptors (Lipinski definition) is 6. The zero-order valence-corrected chi connectivity index (χ0v) is 16.4. The van der Waals surface area contributed by atoms with Gasteiger partial charge >= 0.3 is 0 Å². The van der Waals surface area contributed by atoms with Crippen molar-refractivity contribution in [3.05, 3.63) is 60.4 Å². The molecule has 0 N–H and O–H groups in total. The summed E-state index contributed by atoms with van der Waals surface area (Å²) in [4.78, 5) is 4.34. The summed E-state index contributed by atoms with van der Waals surface area (Å²) in [5.74, 6) is 0. The number of fused-ring (bicyclic) bond motifs is 1. The fourth-order valence-electron chi connectivity index (χ4n) is 3.72. The van der Waals surface area contributed by atoms with Gasteiger partial charge in [0.15, 0.2) is 16.0 Å². The minimum absolute atomic E-state index is 0.110. The lowest BCUT2D eigenvalue weighted by Crippen LogP contribution is -2.37. The van der Waals surface area contributed by atoms with Gasteiger partial charge in [0.25, 0.3) is 10.0 Å². The monoisotopic (exact) mass is 420 g/mol. The summed E-state index contributed by atoms with van der Waals surface area (Å²) in [7, 11) is -8.53. The first-order chi connectivity index (χ1) is 13.3. The van der Waals surface area contributed by atoms with Gasteiger partial charge in [0.2, 0.25) is 0 Å². The molecule has 1 atom stereocenters. The summed E-state index contributed by atoms with van der Waals surface area (Å²) in [6.07, 6.45) is 2.69. The molecule has 10 heteroatoms. The lowest BCUT2D eigenvalue weighted by Gasteiger charge is -2.26. The molecule has 0 spiro atoms. The van der Waals surface area contributed by atoms with Crippen LogP contribution >= 0.6 is 0 Å². The van der Waals surface area contributed by atoms with Crippen molar-refractivity contribution in [3.63, 3.8) is 0 Å². The van der Waals surface area contributed by atoms with E-state index in [1.165, 1.54) is 18.3 Å². The predicted molar refractivity (Wildman–Crippen MR) is 102 cm³/mol. The van der Waals surface area contributed by atoms with Crippen molar-refractivity contribution in [2.75, 3.05) is 6.54 Å². The molecular formula is C18H18N3O5S2-. The van der Waals surface area contributed by atoms with E-state index in [1.807, 2.05) is 0 Å². The molecule has 0 amide bonds. The maximum atomic E-state index is 13.3. The second kappa shape index (κ2) is 6.96. The first-order valence-corrected chi connectivity index (χ1v) is 11.6. The zero-order chi connectivity index (χ0) is 19.9. The van der Waals surface area contributed by atoms with Crippen molar-refractivity contribution in [1.82, 2.24) is 13.3 Å². The van der Waals surface area contributed by atoms with Crippen molar-refractivity contribution in [3.8, 4) is 0 Å². The van der Waals surface area contributed by atoms with E-state index < -0.39 is 26.4 Å². The highest BCUT2D eigenvalue weighted by Gasteiger charge is 2.32. The zero-order valence-electron chi connectivity index (χ0n) is 14.8. The van der Waals surface area contributed by atoms with Crippen LogP contribution in [0.5, 0.6) is 0 Å². The molecule has 0 radical (unpaired) electrons. The number of benzene rings is 1. The molecule has 0 bridgehead atoms. The maximum Gasteiger partial charge on any atom is 0.269 e. The third-order valence-electron chi connectivity index (χ3n) is 4.93. The van der Waals surface area contributed by atoms with Crippen LogP contribution < -0.4 is 0 Å². The molecule has 1 saturated heterocycles. The normalized spacial score (nSPS) is 18.7. The Labute approximate surface area is 163 Å². The molecule has 2 aromatic heterocycles. The predicted octanol–water partition coefficient (Wildman–Crippen LogP) is 1.74. The van der Waals surface area contributed by atoms with Gasteiger partial charge in [-0.2, -0.15) is 0 Å². The Hall–Kier alpha value is -2.27. The first kappa shape index (κ1) is 19.1. The molecule has 0 aliphatic carbocycles. The molecule has 1 aromatic carbocycles. The molecule has 3 heterocycles. The van der Waals surface area contributed by atoms with Crippen LogP contribution in [0.25, 0.3) is 11.0 Å². The lowest BCUT2D eigenvalue weighted by atomic mass is 10.1. The Morgan fingerprint density at radius 1 is 1.07 bits per heavy atom. The Morgan fingerprint density at radius 2 is 1.82 bits per heavy atom. The van der Waals surface area contributed by atoms with E-state index in [4.69, 9.17) is 0 Å². The van der Waals surface area contributed by atoms with E-state index in [-0.39, 0.29) is 23.5 Å². The number of aromatic nitrogens is 2. The molecule has 1 fully saturated rings. The smallest absolute Gasteiger partial charge is 0.269 e. The second-order valence-corrected chi connectivity index (χ2v) is 9.81. The van der Waals surface area contributed by atoms with Crippen molar-refractivity contribution in [2.24, 2.45) is 0 Å². The van der Waals surface area contributed by atoms with Crippen LogP contribution in [-0.4, -0.2) is 47.2 Å². The third-order valence-corrected chi connectivity index (χ3v) is 7.74. The maximum absolute atomic E-state index is 13.3. The van der Waals surface area contributed by atoms with E-state index in [0.717, 1.165) is 8.28 Å². The fraction of sp³-hybridized carbons (Fsp3) is 0.278. The lowest BCUT2D eigenvalue weighted by molar-refractivity contribution is 0.324. The van der Waals surface area contributed by atoms with Gasteiger partial charge in [0.05, 0.1) is 4.90 Å². The van der Waals surface area contributed by atoms with Crippen molar-refractivity contribution >= 4 is 31.4 Å². The SMILES string of the molecule is O=S(=O)([O-])N1CCC[C@@H]1Cc1cc2cccnc2n1S(=O)(=O)c1ccccc1. The van der Waals surface area contributed by atoms with E-state index in [2.05, 4.69) is 4.98 Å². The number of pyridine rings is 1. The van der Waals surface area contributed by atoms with E-state index in [9.17, 15) is 21.4 Å². The first-order valence-electron chi connectivity index (χ1n) is 8.77. The van der Waals surface area contributed by atoms with Crippen LogP contribution in [0, 0.1) is 0 Å². The van der Waals surface area contributed by atoms with Crippen LogP contribution in [0.1, 0.15) is 18.5 Å². The third kappa shape index (κ3) is 3.32. The average molecular weight is 420 g/mol. The van der Waals surface area contributed by atoms with E-state index in [1.54, 1.807) is 36.4 Å². The van der Waals surface area contributed by atoms with Gasteiger partial charge in [-0.05, 0) is 43.2 Å². The number of rotatable bonds is 5. The van der Waals surface area contributed by atoms with E-state index >= 15 is 0 Å². The fourth-order valence-corrected chi connectivity index (χ4v) is 6.15. The number of hydrogen-bond donors (Lipinski definition) is 0. The quantitative estimate of drug-likeness (QED) is 0.581. The minimum atomic E-state index is -4.59. The summed E-state index contributed by atoms with van der Waals surface area (Å²) in [5.41, 5.74) is 0.675. The van der Waals surface area contributed by atoms with Gasteiger partial charge in [0.1, 0.15) is 0 Å². The molecule has 8 nitrogen and oxygen atoms in total. The summed E-state index contributed by atoms with van der Waals surface area (Å²) < 4.78 is 63.3. The second-order valence-electron chi connectivity index (χ2n) is 6.70. The van der Waals surface area contributed by atoms with Crippen LogP contribution in [0.4, 0.5) is 0 Å². The average Bonchev–Trinajstić information content (AvgIpc) is 3.26. The highest BCUT2D eigenvalue weighted by atomic mass is 32.2. The number of nitrogens with zero attached hydrogens (tertiary/aromatic N) is 3. The molecule has 28 heavy (non-hydrogen) atoms. The van der Waals surface area contributed by atoms with Crippen molar-refractivity contribution in [2.45, 2.75) is 30.2 Å². The minimum Gasteiger partial charge on any atom is -0.735 e.